The van der Waals surface area contributed by atoms with E-state index >= 15 is 0 Å². The van der Waals surface area contributed by atoms with Crippen molar-refractivity contribution in [3.63, 3.8) is 0 Å². The van der Waals surface area contributed by atoms with Gasteiger partial charge in [-0.15, -0.1) is 0 Å². The van der Waals surface area contributed by atoms with Crippen LogP contribution in [0.5, 0.6) is 0 Å². The van der Waals surface area contributed by atoms with Crippen molar-refractivity contribution in [2.24, 2.45) is 17.6 Å². The number of carbonyl (C=O) groups is 1. The van der Waals surface area contributed by atoms with Crippen LogP contribution >= 0.6 is 0 Å². The van der Waals surface area contributed by atoms with E-state index in [1.807, 2.05) is 10.2 Å². The number of alkyl halides is 3. The molecule has 1 saturated heterocycles. The maximum atomic E-state index is 11.9. The summed E-state index contributed by atoms with van der Waals surface area (Å²) in [6, 6.07) is 0. The molecule has 18 heavy (non-hydrogen) atoms. The van der Waals surface area contributed by atoms with Crippen LogP contribution in [0.4, 0.5) is 13.2 Å². The Hall–Kier alpha value is -0.820. The van der Waals surface area contributed by atoms with Crippen molar-refractivity contribution >= 4 is 5.91 Å². The van der Waals surface area contributed by atoms with Crippen molar-refractivity contribution in [2.45, 2.75) is 19.5 Å². The number of carbonyl (C=O) groups excluding carboxylic acids is 1. The summed E-state index contributed by atoms with van der Waals surface area (Å²) in [6.45, 7) is 2.86. The number of nitrogens with two attached hydrogens (primary N) is 1. The van der Waals surface area contributed by atoms with Gasteiger partial charge in [-0.1, -0.05) is 6.92 Å². The zero-order valence-corrected chi connectivity index (χ0v) is 10.5. The van der Waals surface area contributed by atoms with Gasteiger partial charge in [0.2, 0.25) is 5.91 Å². The van der Waals surface area contributed by atoms with E-state index in [1.165, 1.54) is 0 Å². The molecule has 0 aromatic heterocycles. The molecule has 0 spiro atoms. The average molecular weight is 267 g/mol. The lowest BCUT2D eigenvalue weighted by atomic mass is 9.87. The second-order valence-corrected chi connectivity index (χ2v) is 4.89. The molecule has 0 aromatic carbocycles. The lowest BCUT2D eigenvalue weighted by molar-refractivity contribution is -0.139. The largest absolute Gasteiger partial charge is 0.405 e. The first-order chi connectivity index (χ1) is 8.31. The maximum Gasteiger partial charge on any atom is 0.405 e. The standard InChI is InChI=1S/C11H20F3N3O/c1-8-5-17(3-2-9(8)4-15)6-10(18)16-7-11(12,13)14/h8-9H,2-7,15H2,1H3,(H,16,18). The third-order valence-corrected chi connectivity index (χ3v) is 3.32. The summed E-state index contributed by atoms with van der Waals surface area (Å²) in [5, 5.41) is 1.88. The van der Waals surface area contributed by atoms with Gasteiger partial charge in [0, 0.05) is 6.54 Å². The Morgan fingerprint density at radius 1 is 1.50 bits per heavy atom. The third kappa shape index (κ3) is 5.22. The van der Waals surface area contributed by atoms with Gasteiger partial charge in [-0.25, -0.2) is 0 Å². The number of hydrogen-bond acceptors (Lipinski definition) is 3. The second-order valence-electron chi connectivity index (χ2n) is 4.89. The average Bonchev–Trinajstić information content (AvgIpc) is 2.26. The van der Waals surface area contributed by atoms with Crippen molar-refractivity contribution < 1.29 is 18.0 Å². The maximum absolute atomic E-state index is 11.9. The molecule has 0 saturated carbocycles. The highest BCUT2D eigenvalue weighted by Crippen LogP contribution is 2.21. The number of likely N-dealkylation sites (tertiary alicyclic amines) is 1. The second kappa shape index (κ2) is 6.38. The first-order valence-corrected chi connectivity index (χ1v) is 6.07. The van der Waals surface area contributed by atoms with Gasteiger partial charge >= 0.3 is 6.18 Å². The minimum Gasteiger partial charge on any atom is -0.346 e. The van der Waals surface area contributed by atoms with Crippen LogP contribution in [0.1, 0.15) is 13.3 Å². The van der Waals surface area contributed by atoms with Crippen molar-refractivity contribution in [1.82, 2.24) is 10.2 Å². The highest BCUT2D eigenvalue weighted by molar-refractivity contribution is 5.78. The van der Waals surface area contributed by atoms with Gasteiger partial charge in [-0.2, -0.15) is 13.2 Å². The van der Waals surface area contributed by atoms with E-state index in [0.717, 1.165) is 6.42 Å². The number of hydrogen-bond donors (Lipinski definition) is 2. The van der Waals surface area contributed by atoms with E-state index in [0.29, 0.717) is 31.5 Å². The number of piperidine rings is 1. The monoisotopic (exact) mass is 267 g/mol. The predicted octanol–water partition coefficient (Wildman–Crippen LogP) is 0.582. The summed E-state index contributed by atoms with van der Waals surface area (Å²) in [5.74, 6) is 0.240. The molecule has 1 amide bonds. The fourth-order valence-electron chi connectivity index (χ4n) is 2.23. The van der Waals surface area contributed by atoms with Crippen molar-refractivity contribution in [3.05, 3.63) is 0 Å². The van der Waals surface area contributed by atoms with Crippen LogP contribution in [-0.2, 0) is 4.79 Å². The number of nitrogens with zero attached hydrogens (tertiary/aromatic N) is 1. The van der Waals surface area contributed by atoms with Gasteiger partial charge in [0.05, 0.1) is 6.54 Å². The molecule has 1 heterocycles. The molecule has 0 bridgehead atoms. The minimum atomic E-state index is -4.35. The topological polar surface area (TPSA) is 58.4 Å². The molecule has 1 rings (SSSR count). The molecular weight excluding hydrogens is 247 g/mol. The molecule has 0 radical (unpaired) electrons. The van der Waals surface area contributed by atoms with Gasteiger partial charge in [-0.3, -0.25) is 9.69 Å². The lowest BCUT2D eigenvalue weighted by Gasteiger charge is -2.35. The summed E-state index contributed by atoms with van der Waals surface area (Å²) in [7, 11) is 0. The van der Waals surface area contributed by atoms with Crippen molar-refractivity contribution in [1.29, 1.82) is 0 Å². The third-order valence-electron chi connectivity index (χ3n) is 3.32. The quantitative estimate of drug-likeness (QED) is 0.783. The molecule has 7 heteroatoms. The smallest absolute Gasteiger partial charge is 0.346 e. The van der Waals surface area contributed by atoms with Crippen LogP contribution in [0.25, 0.3) is 0 Å². The highest BCUT2D eigenvalue weighted by Gasteiger charge is 2.29. The number of rotatable bonds is 4. The fourth-order valence-corrected chi connectivity index (χ4v) is 2.23. The number of amides is 1. The molecule has 0 aliphatic carbocycles. The molecule has 2 unspecified atom stereocenters. The Morgan fingerprint density at radius 2 is 2.17 bits per heavy atom. The van der Waals surface area contributed by atoms with E-state index < -0.39 is 18.6 Å². The van der Waals surface area contributed by atoms with Crippen LogP contribution in [0.3, 0.4) is 0 Å². The van der Waals surface area contributed by atoms with E-state index in [9.17, 15) is 18.0 Å². The molecule has 3 N–H and O–H groups in total. The summed E-state index contributed by atoms with van der Waals surface area (Å²) >= 11 is 0. The van der Waals surface area contributed by atoms with Gasteiger partial charge in [-0.05, 0) is 31.3 Å². The Kier molecular flexibility index (Phi) is 5.40. The molecule has 106 valence electrons. The Balaban J connectivity index is 2.29. The summed E-state index contributed by atoms with van der Waals surface area (Å²) in [5.41, 5.74) is 5.61. The van der Waals surface area contributed by atoms with Crippen LogP contribution in [-0.4, -0.2) is 49.7 Å². The molecule has 4 nitrogen and oxygen atoms in total. The summed E-state index contributed by atoms with van der Waals surface area (Å²) in [6.07, 6.45) is -3.46. The fraction of sp³-hybridized carbons (Fsp3) is 0.909. The highest BCUT2D eigenvalue weighted by atomic mass is 19.4. The molecule has 1 aliphatic rings. The van der Waals surface area contributed by atoms with E-state index in [4.69, 9.17) is 5.73 Å². The molecule has 0 aromatic rings. The van der Waals surface area contributed by atoms with Gasteiger partial charge in [0.15, 0.2) is 0 Å². The summed E-state index contributed by atoms with van der Waals surface area (Å²) < 4.78 is 35.7. The van der Waals surface area contributed by atoms with Crippen LogP contribution in [0.2, 0.25) is 0 Å². The summed E-state index contributed by atoms with van der Waals surface area (Å²) in [4.78, 5) is 13.2. The van der Waals surface area contributed by atoms with E-state index in [-0.39, 0.29) is 6.54 Å². The minimum absolute atomic E-state index is 0.0255. The van der Waals surface area contributed by atoms with Crippen molar-refractivity contribution in [2.75, 3.05) is 32.7 Å². The first-order valence-electron chi connectivity index (χ1n) is 6.07. The zero-order valence-electron chi connectivity index (χ0n) is 10.5. The van der Waals surface area contributed by atoms with Crippen LogP contribution in [0.15, 0.2) is 0 Å². The van der Waals surface area contributed by atoms with Crippen LogP contribution in [0, 0.1) is 11.8 Å². The zero-order chi connectivity index (χ0) is 13.8. The Morgan fingerprint density at radius 3 is 2.67 bits per heavy atom. The van der Waals surface area contributed by atoms with Crippen LogP contribution < -0.4 is 11.1 Å². The van der Waals surface area contributed by atoms with Gasteiger partial charge < -0.3 is 11.1 Å². The van der Waals surface area contributed by atoms with E-state index in [2.05, 4.69) is 6.92 Å². The number of halogens is 3. The lowest BCUT2D eigenvalue weighted by Crippen LogP contribution is -2.47. The van der Waals surface area contributed by atoms with Crippen molar-refractivity contribution in [3.8, 4) is 0 Å². The first kappa shape index (κ1) is 15.2. The SMILES string of the molecule is CC1CN(CC(=O)NCC(F)(F)F)CCC1CN. The Bertz CT molecular complexity index is 283. The van der Waals surface area contributed by atoms with E-state index in [1.54, 1.807) is 0 Å². The predicted molar refractivity (Wildman–Crippen MR) is 61.8 cm³/mol. The van der Waals surface area contributed by atoms with Gasteiger partial charge in [0.25, 0.3) is 0 Å². The molecular formula is C11H20F3N3O. The molecule has 2 atom stereocenters. The number of nitrogens with one attached hydrogen (secondary N) is 1. The molecule has 1 fully saturated rings. The Labute approximate surface area is 105 Å². The molecule has 1 aliphatic heterocycles. The van der Waals surface area contributed by atoms with Gasteiger partial charge in [0.1, 0.15) is 6.54 Å². The normalized spacial score (nSPS) is 26.1.